The molecule has 1 aliphatic rings. The largest absolute Gasteiger partial charge is 0.492 e. The highest BCUT2D eigenvalue weighted by molar-refractivity contribution is 5.88. The van der Waals surface area contributed by atoms with Gasteiger partial charge in [-0.05, 0) is 17.9 Å². The molecule has 5 nitrogen and oxygen atoms in total. The van der Waals surface area contributed by atoms with E-state index in [1.165, 1.54) is 0 Å². The Morgan fingerprint density at radius 3 is 2.74 bits per heavy atom. The van der Waals surface area contributed by atoms with Gasteiger partial charge in [-0.15, -0.1) is 0 Å². The zero-order valence-corrected chi connectivity index (χ0v) is 12.9. The normalized spacial score (nSPS) is 17.4. The SMILES string of the molecule is NC(=O)C1CCN(C(=O)CCOc2cccc3ccccc23)C1. The third-order valence-electron chi connectivity index (χ3n) is 4.27. The van der Waals surface area contributed by atoms with E-state index in [2.05, 4.69) is 0 Å². The van der Waals surface area contributed by atoms with Gasteiger partial charge in [-0.1, -0.05) is 36.4 Å². The first-order valence-corrected chi connectivity index (χ1v) is 7.83. The van der Waals surface area contributed by atoms with Crippen molar-refractivity contribution in [1.29, 1.82) is 0 Å². The zero-order chi connectivity index (χ0) is 16.2. The Labute approximate surface area is 135 Å². The fourth-order valence-corrected chi connectivity index (χ4v) is 2.95. The molecule has 0 radical (unpaired) electrons. The van der Waals surface area contributed by atoms with Crippen molar-refractivity contribution in [3.05, 3.63) is 42.5 Å². The standard InChI is InChI=1S/C18H20N2O3/c19-18(22)14-8-10-20(12-14)17(21)9-11-23-16-7-3-5-13-4-1-2-6-15(13)16/h1-7,14H,8-12H2,(H2,19,22). The Kier molecular flexibility index (Phi) is 4.46. The average molecular weight is 312 g/mol. The molecule has 5 heteroatoms. The molecule has 2 aromatic carbocycles. The molecule has 2 N–H and O–H groups in total. The van der Waals surface area contributed by atoms with Gasteiger partial charge in [0.25, 0.3) is 0 Å². The van der Waals surface area contributed by atoms with Crippen LogP contribution in [0.4, 0.5) is 0 Å². The second-order valence-electron chi connectivity index (χ2n) is 5.80. The predicted molar refractivity (Wildman–Crippen MR) is 87.9 cm³/mol. The number of primary amides is 1. The number of hydrogen-bond acceptors (Lipinski definition) is 3. The Balaban J connectivity index is 1.55. The number of carbonyl (C=O) groups excluding carboxylic acids is 2. The first-order chi connectivity index (χ1) is 11.1. The van der Waals surface area contributed by atoms with E-state index < -0.39 is 0 Å². The number of ether oxygens (including phenoxy) is 1. The molecule has 0 aliphatic carbocycles. The van der Waals surface area contributed by atoms with Gasteiger partial charge in [-0.25, -0.2) is 0 Å². The minimum absolute atomic E-state index is 0.00832. The molecule has 3 rings (SSSR count). The lowest BCUT2D eigenvalue weighted by Gasteiger charge is -2.16. The number of amides is 2. The maximum absolute atomic E-state index is 12.2. The summed E-state index contributed by atoms with van der Waals surface area (Å²) in [6.45, 7) is 1.35. The molecule has 0 saturated carbocycles. The second-order valence-corrected chi connectivity index (χ2v) is 5.80. The minimum atomic E-state index is -0.327. The van der Waals surface area contributed by atoms with Crippen LogP contribution in [0.25, 0.3) is 10.8 Å². The molecular formula is C18H20N2O3. The molecule has 1 fully saturated rings. The summed E-state index contributed by atoms with van der Waals surface area (Å²) in [6, 6.07) is 13.9. The number of rotatable bonds is 5. The van der Waals surface area contributed by atoms with E-state index in [1.54, 1.807) is 4.90 Å². The summed E-state index contributed by atoms with van der Waals surface area (Å²) in [5.41, 5.74) is 5.29. The van der Waals surface area contributed by atoms with Gasteiger partial charge in [0.05, 0.1) is 18.9 Å². The smallest absolute Gasteiger partial charge is 0.226 e. The summed E-state index contributed by atoms with van der Waals surface area (Å²) in [5.74, 6) is 0.256. The summed E-state index contributed by atoms with van der Waals surface area (Å²) in [5, 5.41) is 2.15. The molecule has 1 unspecified atom stereocenters. The summed E-state index contributed by atoms with van der Waals surface area (Å²) >= 11 is 0. The lowest BCUT2D eigenvalue weighted by atomic mass is 10.1. The van der Waals surface area contributed by atoms with E-state index in [-0.39, 0.29) is 17.7 Å². The number of hydrogen-bond donors (Lipinski definition) is 1. The number of carbonyl (C=O) groups is 2. The highest BCUT2D eigenvalue weighted by Gasteiger charge is 2.29. The Morgan fingerprint density at radius 1 is 1.17 bits per heavy atom. The predicted octanol–water partition coefficient (Wildman–Crippen LogP) is 1.94. The van der Waals surface area contributed by atoms with Gasteiger partial charge in [0, 0.05) is 18.5 Å². The molecule has 1 saturated heterocycles. The Morgan fingerprint density at radius 2 is 1.96 bits per heavy atom. The van der Waals surface area contributed by atoms with E-state index in [9.17, 15) is 9.59 Å². The van der Waals surface area contributed by atoms with Crippen LogP contribution in [0, 0.1) is 5.92 Å². The van der Waals surface area contributed by atoms with Crippen molar-refractivity contribution in [3.8, 4) is 5.75 Å². The van der Waals surface area contributed by atoms with Gasteiger partial charge in [0.1, 0.15) is 5.75 Å². The summed E-state index contributed by atoms with van der Waals surface area (Å²) in [6.07, 6.45) is 0.958. The van der Waals surface area contributed by atoms with Crippen LogP contribution >= 0.6 is 0 Å². The van der Waals surface area contributed by atoms with E-state index in [1.807, 2.05) is 42.5 Å². The van der Waals surface area contributed by atoms with Crippen molar-refractivity contribution >= 4 is 22.6 Å². The highest BCUT2D eigenvalue weighted by Crippen LogP contribution is 2.25. The summed E-state index contributed by atoms with van der Waals surface area (Å²) < 4.78 is 5.78. The van der Waals surface area contributed by atoms with E-state index >= 15 is 0 Å². The Hall–Kier alpha value is -2.56. The monoisotopic (exact) mass is 312 g/mol. The number of benzene rings is 2. The van der Waals surface area contributed by atoms with Crippen LogP contribution in [-0.4, -0.2) is 36.4 Å². The number of likely N-dealkylation sites (tertiary alicyclic amines) is 1. The van der Waals surface area contributed by atoms with Crippen molar-refractivity contribution in [2.24, 2.45) is 11.7 Å². The van der Waals surface area contributed by atoms with Crippen molar-refractivity contribution < 1.29 is 14.3 Å². The van der Waals surface area contributed by atoms with Crippen LogP contribution in [0.1, 0.15) is 12.8 Å². The lowest BCUT2D eigenvalue weighted by molar-refractivity contribution is -0.131. The molecule has 2 amide bonds. The topological polar surface area (TPSA) is 72.6 Å². The molecule has 0 spiro atoms. The molecule has 120 valence electrons. The van der Waals surface area contributed by atoms with Crippen molar-refractivity contribution in [2.45, 2.75) is 12.8 Å². The van der Waals surface area contributed by atoms with Crippen LogP contribution in [-0.2, 0) is 9.59 Å². The molecule has 0 bridgehead atoms. The van der Waals surface area contributed by atoms with Crippen LogP contribution < -0.4 is 10.5 Å². The Bertz CT molecular complexity index is 724. The van der Waals surface area contributed by atoms with Crippen molar-refractivity contribution in [3.63, 3.8) is 0 Å². The van der Waals surface area contributed by atoms with Gasteiger partial charge in [-0.2, -0.15) is 0 Å². The maximum Gasteiger partial charge on any atom is 0.226 e. The van der Waals surface area contributed by atoms with E-state index in [4.69, 9.17) is 10.5 Å². The molecule has 1 atom stereocenters. The van der Waals surface area contributed by atoms with Gasteiger partial charge < -0.3 is 15.4 Å². The lowest BCUT2D eigenvalue weighted by Crippen LogP contribution is -2.32. The van der Waals surface area contributed by atoms with Crippen LogP contribution in [0.2, 0.25) is 0 Å². The number of nitrogens with two attached hydrogens (primary N) is 1. The maximum atomic E-state index is 12.2. The highest BCUT2D eigenvalue weighted by atomic mass is 16.5. The first-order valence-electron chi connectivity index (χ1n) is 7.83. The van der Waals surface area contributed by atoms with Crippen LogP contribution in [0.3, 0.4) is 0 Å². The van der Waals surface area contributed by atoms with Crippen molar-refractivity contribution in [1.82, 2.24) is 4.90 Å². The minimum Gasteiger partial charge on any atom is -0.492 e. The van der Waals surface area contributed by atoms with Crippen LogP contribution in [0.5, 0.6) is 5.75 Å². The second kappa shape index (κ2) is 6.69. The fourth-order valence-electron chi connectivity index (χ4n) is 2.95. The third-order valence-corrected chi connectivity index (χ3v) is 4.27. The first kappa shape index (κ1) is 15.3. The zero-order valence-electron chi connectivity index (χ0n) is 12.9. The quantitative estimate of drug-likeness (QED) is 0.917. The molecule has 1 aliphatic heterocycles. The molecule has 0 aromatic heterocycles. The number of fused-ring (bicyclic) bond motifs is 1. The fraction of sp³-hybridized carbons (Fsp3) is 0.333. The molecule has 23 heavy (non-hydrogen) atoms. The molecular weight excluding hydrogens is 292 g/mol. The van der Waals surface area contributed by atoms with E-state index in [0.29, 0.717) is 32.5 Å². The van der Waals surface area contributed by atoms with E-state index in [0.717, 1.165) is 16.5 Å². The van der Waals surface area contributed by atoms with Gasteiger partial charge >= 0.3 is 0 Å². The third kappa shape index (κ3) is 3.44. The summed E-state index contributed by atoms with van der Waals surface area (Å²) in [7, 11) is 0. The van der Waals surface area contributed by atoms with Gasteiger partial charge in [0.15, 0.2) is 0 Å². The van der Waals surface area contributed by atoms with Gasteiger partial charge in [0.2, 0.25) is 11.8 Å². The molecule has 1 heterocycles. The number of nitrogens with zero attached hydrogens (tertiary/aromatic N) is 1. The average Bonchev–Trinajstić information content (AvgIpc) is 3.05. The van der Waals surface area contributed by atoms with Crippen molar-refractivity contribution in [2.75, 3.05) is 19.7 Å². The van der Waals surface area contributed by atoms with Crippen LogP contribution in [0.15, 0.2) is 42.5 Å². The summed E-state index contributed by atoms with van der Waals surface area (Å²) in [4.78, 5) is 25.0. The molecule has 2 aromatic rings. The van der Waals surface area contributed by atoms with Gasteiger partial charge in [-0.3, -0.25) is 9.59 Å².